The first kappa shape index (κ1) is 30.0. The van der Waals surface area contributed by atoms with Gasteiger partial charge in [-0.05, 0) is 81.6 Å². The molecule has 0 amide bonds. The van der Waals surface area contributed by atoms with Crippen molar-refractivity contribution in [1.82, 2.24) is 0 Å². The molecule has 7 rings (SSSR count). The zero-order valence-corrected chi connectivity index (χ0v) is 24.0. The number of hydrogen-bond acceptors (Lipinski definition) is 5. The Bertz CT molecular complexity index is 2480. The second-order valence-electron chi connectivity index (χ2n) is 10.6. The Morgan fingerprint density at radius 3 is 1.28 bits per heavy atom. The summed E-state index contributed by atoms with van der Waals surface area (Å²) in [5, 5.41) is 22.7. The van der Waals surface area contributed by atoms with Crippen LogP contribution >= 0.6 is 11.3 Å². The van der Waals surface area contributed by atoms with E-state index in [-0.39, 0.29) is 33.0 Å². The first-order valence-corrected chi connectivity index (χ1v) is 14.3. The fourth-order valence-corrected chi connectivity index (χ4v) is 7.30. The summed E-state index contributed by atoms with van der Waals surface area (Å²) in [6.07, 6.45) is -6.07. The van der Waals surface area contributed by atoms with Crippen LogP contribution in [-0.4, -0.2) is 0 Å². The number of fused-ring (bicyclic) bond motifs is 7. The molecule has 0 aliphatic heterocycles. The third-order valence-electron chi connectivity index (χ3n) is 7.87. The SMILES string of the molecule is N#CN=c1c2cc(-c3cc(F)cc(C(F)(F)F)c3)ccc2c2c1sc1c(=NC#N)c3cc(-c4cc(F)cc(C(F)(F)F)c4)ccc3c12. The van der Waals surface area contributed by atoms with Gasteiger partial charge in [-0.25, -0.2) is 8.78 Å². The molecule has 230 valence electrons. The lowest BCUT2D eigenvalue weighted by Gasteiger charge is -2.10. The first-order chi connectivity index (χ1) is 22.3. The Hall–Kier alpha value is -5.66. The number of benzene rings is 4. The van der Waals surface area contributed by atoms with Gasteiger partial charge >= 0.3 is 12.4 Å². The van der Waals surface area contributed by atoms with Gasteiger partial charge in [-0.15, -0.1) is 11.3 Å². The molecule has 6 aromatic carbocycles. The van der Waals surface area contributed by atoms with Gasteiger partial charge in [-0.3, -0.25) is 0 Å². The van der Waals surface area contributed by atoms with Gasteiger partial charge in [0.2, 0.25) is 12.4 Å². The van der Waals surface area contributed by atoms with E-state index in [1.165, 1.54) is 24.3 Å². The molecule has 0 unspecified atom stereocenters. The molecule has 0 aliphatic rings. The first-order valence-electron chi connectivity index (χ1n) is 13.5. The van der Waals surface area contributed by atoms with Crippen molar-refractivity contribution in [3.05, 3.63) is 106 Å². The summed E-state index contributed by atoms with van der Waals surface area (Å²) in [4.78, 5) is 7.98. The molecule has 13 heteroatoms. The van der Waals surface area contributed by atoms with Crippen LogP contribution in [0, 0.1) is 34.5 Å². The zero-order chi connectivity index (χ0) is 33.4. The molecule has 0 N–H and O–H groups in total. The van der Waals surface area contributed by atoms with Crippen LogP contribution in [-0.2, 0) is 12.4 Å². The van der Waals surface area contributed by atoms with Gasteiger partial charge in [0.25, 0.3) is 0 Å². The Morgan fingerprint density at radius 1 is 0.511 bits per heavy atom. The number of rotatable bonds is 2. The van der Waals surface area contributed by atoms with E-state index in [0.717, 1.165) is 35.6 Å². The number of halogens is 8. The minimum absolute atomic E-state index is 0.0377. The molecule has 0 fully saturated rings. The van der Waals surface area contributed by atoms with Crippen LogP contribution in [0.3, 0.4) is 0 Å². The van der Waals surface area contributed by atoms with Crippen molar-refractivity contribution in [1.29, 1.82) is 10.5 Å². The normalized spacial score (nSPS) is 13.3. The zero-order valence-electron chi connectivity index (χ0n) is 23.1. The molecular weight excluding hydrogens is 648 g/mol. The van der Waals surface area contributed by atoms with Gasteiger partial charge in [-0.2, -0.15) is 46.9 Å². The quantitative estimate of drug-likeness (QED) is 0.137. The van der Waals surface area contributed by atoms with Crippen molar-refractivity contribution in [2.75, 3.05) is 0 Å². The summed E-state index contributed by atoms with van der Waals surface area (Å²) in [6.45, 7) is 0. The summed E-state index contributed by atoms with van der Waals surface area (Å²) in [6, 6.07) is 13.7. The Balaban J connectivity index is 1.51. The summed E-state index contributed by atoms with van der Waals surface area (Å²) in [7, 11) is 0. The van der Waals surface area contributed by atoms with Crippen molar-refractivity contribution < 1.29 is 35.1 Å². The molecular formula is C34H12F8N4S. The topological polar surface area (TPSA) is 72.3 Å². The van der Waals surface area contributed by atoms with Crippen molar-refractivity contribution in [2.45, 2.75) is 12.4 Å². The molecule has 4 nitrogen and oxygen atoms in total. The second-order valence-corrected chi connectivity index (χ2v) is 11.6. The Labute approximate surface area is 261 Å². The van der Waals surface area contributed by atoms with E-state index in [9.17, 15) is 45.6 Å². The number of thiophene rings is 1. The largest absolute Gasteiger partial charge is 0.416 e. The van der Waals surface area contributed by atoms with E-state index in [4.69, 9.17) is 0 Å². The van der Waals surface area contributed by atoms with Gasteiger partial charge < -0.3 is 0 Å². The maximum Gasteiger partial charge on any atom is 0.416 e. The number of hydrogen-bond donors (Lipinski definition) is 0. The van der Waals surface area contributed by atoms with Crippen LogP contribution in [0.2, 0.25) is 0 Å². The average Bonchev–Trinajstić information content (AvgIpc) is 3.62. The minimum Gasteiger partial charge on any atom is -0.207 e. The second kappa shape index (κ2) is 10.4. The van der Waals surface area contributed by atoms with Crippen LogP contribution in [0.4, 0.5) is 35.1 Å². The molecule has 1 aromatic heterocycles. The van der Waals surface area contributed by atoms with Gasteiger partial charge in [0.05, 0.1) is 20.5 Å². The molecule has 7 aromatic rings. The Morgan fingerprint density at radius 2 is 0.915 bits per heavy atom. The van der Waals surface area contributed by atoms with Gasteiger partial charge in [0.15, 0.2) is 0 Å². The highest BCUT2D eigenvalue weighted by atomic mass is 32.1. The van der Waals surface area contributed by atoms with Gasteiger partial charge in [0.1, 0.15) is 22.3 Å². The van der Waals surface area contributed by atoms with Crippen LogP contribution in [0.5, 0.6) is 0 Å². The summed E-state index contributed by atoms with van der Waals surface area (Å²) in [5.41, 5.74) is -1.91. The minimum atomic E-state index is -4.78. The summed E-state index contributed by atoms with van der Waals surface area (Å²) >= 11 is 1.16. The lowest BCUT2D eigenvalue weighted by atomic mass is 9.99. The van der Waals surface area contributed by atoms with E-state index < -0.39 is 35.1 Å². The highest BCUT2D eigenvalue weighted by Gasteiger charge is 2.32. The molecule has 0 aliphatic carbocycles. The summed E-state index contributed by atoms with van der Waals surface area (Å²) in [5.74, 6) is -2.15. The maximum absolute atomic E-state index is 14.2. The lowest BCUT2D eigenvalue weighted by Crippen LogP contribution is -2.05. The lowest BCUT2D eigenvalue weighted by molar-refractivity contribution is -0.138. The van der Waals surface area contributed by atoms with E-state index in [1.54, 1.807) is 24.5 Å². The summed E-state index contributed by atoms with van der Waals surface area (Å²) < 4.78 is 110. The standard InChI is InChI=1S/C34H12F8N4S/c35-21-7-17(5-19(11-21)33(37,38)39)15-1-3-23-25(9-15)29(45-13-43)31-27(23)28-24-4-2-16(10-26(24)30(46-14-44)32(28)47-31)18-6-20(34(40,41)42)12-22(36)8-18/h1-12H. The highest BCUT2D eigenvalue weighted by molar-refractivity contribution is 7.26. The van der Waals surface area contributed by atoms with E-state index in [2.05, 4.69) is 9.98 Å². The maximum atomic E-state index is 14.2. The third kappa shape index (κ3) is 4.87. The molecule has 1 heterocycles. The van der Waals surface area contributed by atoms with Crippen LogP contribution in [0.1, 0.15) is 11.1 Å². The molecule has 0 saturated carbocycles. The van der Waals surface area contributed by atoms with Crippen molar-refractivity contribution in [3.63, 3.8) is 0 Å². The van der Waals surface area contributed by atoms with Crippen LogP contribution < -0.4 is 10.7 Å². The van der Waals surface area contributed by atoms with Crippen molar-refractivity contribution >= 4 is 53.1 Å². The highest BCUT2D eigenvalue weighted by Crippen LogP contribution is 2.43. The van der Waals surface area contributed by atoms with Crippen molar-refractivity contribution in [3.8, 4) is 34.6 Å². The van der Waals surface area contributed by atoms with Gasteiger partial charge in [-0.1, -0.05) is 24.3 Å². The van der Waals surface area contributed by atoms with Crippen LogP contribution in [0.25, 0.3) is 64.0 Å². The van der Waals surface area contributed by atoms with E-state index >= 15 is 0 Å². The Kier molecular flexibility index (Phi) is 6.67. The van der Waals surface area contributed by atoms with Crippen LogP contribution in [0.15, 0.2) is 82.8 Å². The van der Waals surface area contributed by atoms with E-state index in [1.807, 2.05) is 0 Å². The molecule has 0 spiro atoms. The third-order valence-corrected chi connectivity index (χ3v) is 9.07. The predicted octanol–water partition coefficient (Wildman–Crippen LogP) is 9.65. The fourth-order valence-electron chi connectivity index (χ4n) is 5.96. The van der Waals surface area contributed by atoms with Crippen molar-refractivity contribution in [2.24, 2.45) is 9.98 Å². The molecule has 0 radical (unpaired) electrons. The monoisotopic (exact) mass is 660 g/mol. The smallest absolute Gasteiger partial charge is 0.207 e. The molecule has 0 atom stereocenters. The number of nitriles is 2. The van der Waals surface area contributed by atoms with Gasteiger partial charge in [0, 0.05) is 21.5 Å². The average molecular weight is 661 g/mol. The molecule has 47 heavy (non-hydrogen) atoms. The predicted molar refractivity (Wildman–Crippen MR) is 160 cm³/mol. The van der Waals surface area contributed by atoms with E-state index in [0.29, 0.717) is 53.8 Å². The fraction of sp³-hybridized carbons (Fsp3) is 0.0588. The number of nitrogens with zero attached hydrogens (tertiary/aromatic N) is 4. The number of alkyl halides is 6. The molecule has 0 bridgehead atoms. The molecule has 0 saturated heterocycles.